The van der Waals surface area contributed by atoms with Crippen molar-refractivity contribution in [3.63, 3.8) is 0 Å². The molecule has 1 heterocycles. The second kappa shape index (κ2) is 7.38. The zero-order chi connectivity index (χ0) is 18.8. The predicted octanol–water partition coefficient (Wildman–Crippen LogP) is 7.35. The molecular weight excluding hydrogens is 350 g/mol. The van der Waals surface area contributed by atoms with E-state index >= 15 is 0 Å². The fourth-order valence-electron chi connectivity index (χ4n) is 3.60. The molecule has 0 unspecified atom stereocenters. The third kappa shape index (κ3) is 3.39. The number of hydrogen-bond donors (Lipinski definition) is 0. The van der Waals surface area contributed by atoms with Crippen molar-refractivity contribution < 1.29 is 0 Å². The molecule has 0 aliphatic carbocycles. The lowest BCUT2D eigenvalue weighted by Gasteiger charge is -2.18. The zero-order valence-corrected chi connectivity index (χ0v) is 16.2. The van der Waals surface area contributed by atoms with Crippen molar-refractivity contribution in [3.05, 3.63) is 101 Å². The maximum absolute atomic E-state index is 6.10. The van der Waals surface area contributed by atoms with Crippen LogP contribution in [0.1, 0.15) is 11.1 Å². The van der Waals surface area contributed by atoms with Gasteiger partial charge in [-0.3, -0.25) is 0 Å². The molecule has 0 saturated heterocycles. The normalized spacial score (nSPS) is 10.8. The quantitative estimate of drug-likeness (QED) is 0.367. The Hall–Kier alpha value is -2.90. The lowest BCUT2D eigenvalue weighted by molar-refractivity contribution is 1.23. The lowest BCUT2D eigenvalue weighted by Crippen LogP contribution is -2.00. The van der Waals surface area contributed by atoms with Crippen LogP contribution in [-0.2, 0) is 0 Å². The van der Waals surface area contributed by atoms with Crippen LogP contribution >= 0.6 is 11.6 Å². The van der Waals surface area contributed by atoms with Gasteiger partial charge in [-0.25, -0.2) is 4.98 Å². The molecule has 0 aliphatic heterocycles. The molecule has 0 saturated carbocycles. The molecule has 27 heavy (non-hydrogen) atoms. The smallest absolute Gasteiger partial charge is 0.0745 e. The molecule has 0 amide bonds. The van der Waals surface area contributed by atoms with Gasteiger partial charge in [0.15, 0.2) is 0 Å². The van der Waals surface area contributed by atoms with E-state index in [-0.39, 0.29) is 0 Å². The summed E-state index contributed by atoms with van der Waals surface area (Å²) in [6.45, 7) is 4.32. The summed E-state index contributed by atoms with van der Waals surface area (Å²) in [5.41, 5.74) is 9.05. The molecule has 0 radical (unpaired) electrons. The van der Waals surface area contributed by atoms with Crippen molar-refractivity contribution in [2.75, 3.05) is 0 Å². The van der Waals surface area contributed by atoms with Gasteiger partial charge >= 0.3 is 0 Å². The first-order valence-corrected chi connectivity index (χ1v) is 9.41. The molecule has 1 nitrogen and oxygen atoms in total. The largest absolute Gasteiger partial charge is 0.247 e. The van der Waals surface area contributed by atoms with E-state index in [1.807, 2.05) is 36.4 Å². The zero-order valence-electron chi connectivity index (χ0n) is 15.4. The van der Waals surface area contributed by atoms with E-state index in [0.717, 1.165) is 27.5 Å². The summed E-state index contributed by atoms with van der Waals surface area (Å²) >= 11 is 6.10. The van der Waals surface area contributed by atoms with Gasteiger partial charge in [0.2, 0.25) is 0 Å². The molecule has 4 aromatic rings. The van der Waals surface area contributed by atoms with Crippen LogP contribution < -0.4 is 0 Å². The number of nitrogens with zero attached hydrogens (tertiary/aromatic N) is 1. The van der Waals surface area contributed by atoms with Crippen LogP contribution in [0.5, 0.6) is 0 Å². The highest BCUT2D eigenvalue weighted by Gasteiger charge is 2.17. The van der Waals surface area contributed by atoms with E-state index < -0.39 is 0 Å². The van der Waals surface area contributed by atoms with Crippen LogP contribution in [0.3, 0.4) is 0 Å². The van der Waals surface area contributed by atoms with Crippen molar-refractivity contribution in [2.45, 2.75) is 13.8 Å². The average molecular weight is 370 g/mol. The Labute approximate surface area is 165 Å². The van der Waals surface area contributed by atoms with Gasteiger partial charge < -0.3 is 0 Å². The van der Waals surface area contributed by atoms with Gasteiger partial charge in [0, 0.05) is 16.1 Å². The highest BCUT2D eigenvalue weighted by Crippen LogP contribution is 2.38. The summed E-state index contributed by atoms with van der Waals surface area (Å²) in [6.07, 6.45) is 0. The maximum Gasteiger partial charge on any atom is 0.0745 e. The van der Waals surface area contributed by atoms with E-state index in [1.165, 1.54) is 22.3 Å². The number of pyridine rings is 1. The molecule has 0 bridgehead atoms. The molecule has 0 spiro atoms. The maximum atomic E-state index is 6.10. The van der Waals surface area contributed by atoms with Gasteiger partial charge in [-0.05, 0) is 48.2 Å². The third-order valence-electron chi connectivity index (χ3n) is 4.91. The van der Waals surface area contributed by atoms with E-state index in [0.29, 0.717) is 0 Å². The van der Waals surface area contributed by atoms with E-state index in [9.17, 15) is 0 Å². The molecule has 132 valence electrons. The molecule has 1 aromatic heterocycles. The fraction of sp³-hybridized carbons (Fsp3) is 0.0800. The van der Waals surface area contributed by atoms with Gasteiger partial charge in [-0.15, -0.1) is 0 Å². The molecule has 0 atom stereocenters. The Bertz CT molecular complexity index is 1070. The van der Waals surface area contributed by atoms with Crippen LogP contribution in [0.4, 0.5) is 0 Å². The third-order valence-corrected chi connectivity index (χ3v) is 5.16. The van der Waals surface area contributed by atoms with Crippen molar-refractivity contribution >= 4 is 11.6 Å². The molecular formula is C25H20ClN. The molecule has 4 rings (SSSR count). The van der Waals surface area contributed by atoms with Gasteiger partial charge in [-0.2, -0.15) is 0 Å². The standard InChI is InChI=1S/C25H20ClN/c1-17-23(19-9-5-3-6-10-19)18(2)25(21-13-15-22(26)16-14-21)27-24(17)20-11-7-4-8-12-20/h3-16H,1-2H3. The van der Waals surface area contributed by atoms with Gasteiger partial charge in [0.05, 0.1) is 11.4 Å². The Morgan fingerprint density at radius 1 is 0.556 bits per heavy atom. The molecule has 0 N–H and O–H groups in total. The molecule has 0 fully saturated rings. The Morgan fingerprint density at radius 3 is 1.52 bits per heavy atom. The summed E-state index contributed by atoms with van der Waals surface area (Å²) < 4.78 is 0. The highest BCUT2D eigenvalue weighted by molar-refractivity contribution is 6.30. The van der Waals surface area contributed by atoms with Crippen LogP contribution in [0.2, 0.25) is 5.02 Å². The van der Waals surface area contributed by atoms with E-state index in [4.69, 9.17) is 16.6 Å². The van der Waals surface area contributed by atoms with Crippen LogP contribution in [0, 0.1) is 13.8 Å². The van der Waals surface area contributed by atoms with Crippen LogP contribution in [0.15, 0.2) is 84.9 Å². The van der Waals surface area contributed by atoms with E-state index in [1.54, 1.807) is 0 Å². The predicted molar refractivity (Wildman–Crippen MR) is 115 cm³/mol. The fourth-order valence-corrected chi connectivity index (χ4v) is 3.73. The Morgan fingerprint density at radius 2 is 1.00 bits per heavy atom. The minimum atomic E-state index is 0.732. The van der Waals surface area contributed by atoms with Crippen LogP contribution in [-0.4, -0.2) is 4.98 Å². The second-order valence-corrected chi connectivity index (χ2v) is 7.11. The summed E-state index contributed by atoms with van der Waals surface area (Å²) in [5, 5.41) is 0.732. The number of halogens is 1. The van der Waals surface area contributed by atoms with Crippen molar-refractivity contribution in [2.24, 2.45) is 0 Å². The lowest BCUT2D eigenvalue weighted by atomic mass is 9.90. The molecule has 3 aromatic carbocycles. The topological polar surface area (TPSA) is 12.9 Å². The summed E-state index contributed by atoms with van der Waals surface area (Å²) in [7, 11) is 0. The van der Waals surface area contributed by atoms with E-state index in [2.05, 4.69) is 62.4 Å². The SMILES string of the molecule is Cc1c(-c2ccccc2)nc(-c2ccc(Cl)cc2)c(C)c1-c1ccccc1. The number of hydrogen-bond acceptors (Lipinski definition) is 1. The second-order valence-electron chi connectivity index (χ2n) is 6.67. The molecule has 2 heteroatoms. The number of aromatic nitrogens is 1. The van der Waals surface area contributed by atoms with Crippen LogP contribution in [0.25, 0.3) is 33.6 Å². The first-order chi connectivity index (χ1) is 13.1. The first kappa shape index (κ1) is 17.5. The highest BCUT2D eigenvalue weighted by atomic mass is 35.5. The minimum Gasteiger partial charge on any atom is -0.247 e. The minimum absolute atomic E-state index is 0.732. The number of benzene rings is 3. The summed E-state index contributed by atoms with van der Waals surface area (Å²) in [6, 6.07) is 28.8. The average Bonchev–Trinajstić information content (AvgIpc) is 2.71. The molecule has 0 aliphatic rings. The van der Waals surface area contributed by atoms with Gasteiger partial charge in [0.1, 0.15) is 0 Å². The Balaban J connectivity index is 2.03. The van der Waals surface area contributed by atoms with Crippen molar-refractivity contribution in [3.8, 4) is 33.6 Å². The van der Waals surface area contributed by atoms with Gasteiger partial charge in [-0.1, -0.05) is 84.4 Å². The monoisotopic (exact) mass is 369 g/mol. The Kier molecular flexibility index (Phi) is 4.79. The summed E-state index contributed by atoms with van der Waals surface area (Å²) in [5.74, 6) is 0. The first-order valence-electron chi connectivity index (χ1n) is 9.03. The summed E-state index contributed by atoms with van der Waals surface area (Å²) in [4.78, 5) is 5.09. The van der Waals surface area contributed by atoms with Crippen molar-refractivity contribution in [1.82, 2.24) is 4.98 Å². The van der Waals surface area contributed by atoms with Gasteiger partial charge in [0.25, 0.3) is 0 Å². The number of rotatable bonds is 3. The van der Waals surface area contributed by atoms with Crippen molar-refractivity contribution in [1.29, 1.82) is 0 Å².